The van der Waals surface area contributed by atoms with Crippen LogP contribution < -0.4 is 4.74 Å². The normalized spacial score (nSPS) is 11.2. The van der Waals surface area contributed by atoms with Crippen molar-refractivity contribution in [1.29, 1.82) is 0 Å². The Morgan fingerprint density at radius 2 is 1.12 bits per heavy atom. The van der Waals surface area contributed by atoms with Gasteiger partial charge in [-0.25, -0.2) is 0 Å². The molecule has 0 heterocycles. The van der Waals surface area contributed by atoms with E-state index in [1.54, 1.807) is 0 Å². The molecule has 0 radical (unpaired) electrons. The average molecular weight is 312 g/mol. The SMILES string of the molecule is C(/C=C/c1ccc(OCc2ccccc2)cc1)=C\c1ccccc1. The molecule has 0 N–H and O–H groups in total. The first-order chi connectivity index (χ1) is 11.9. The fourth-order valence-corrected chi connectivity index (χ4v) is 2.31. The van der Waals surface area contributed by atoms with Gasteiger partial charge in [-0.15, -0.1) is 0 Å². The summed E-state index contributed by atoms with van der Waals surface area (Å²) >= 11 is 0. The lowest BCUT2D eigenvalue weighted by Crippen LogP contribution is -1.94. The van der Waals surface area contributed by atoms with Crippen LogP contribution in [0.4, 0.5) is 0 Å². The molecule has 3 rings (SSSR count). The summed E-state index contributed by atoms with van der Waals surface area (Å²) in [5.74, 6) is 0.885. The zero-order valence-corrected chi connectivity index (χ0v) is 13.5. The van der Waals surface area contributed by atoms with E-state index in [4.69, 9.17) is 4.74 Å². The van der Waals surface area contributed by atoms with Crippen molar-refractivity contribution in [2.75, 3.05) is 0 Å². The van der Waals surface area contributed by atoms with Gasteiger partial charge in [0.05, 0.1) is 0 Å². The summed E-state index contributed by atoms with van der Waals surface area (Å²) in [6, 6.07) is 28.6. The Kier molecular flexibility index (Phi) is 5.63. The van der Waals surface area contributed by atoms with Gasteiger partial charge in [0.25, 0.3) is 0 Å². The smallest absolute Gasteiger partial charge is 0.119 e. The van der Waals surface area contributed by atoms with Gasteiger partial charge in [-0.3, -0.25) is 0 Å². The summed E-state index contributed by atoms with van der Waals surface area (Å²) < 4.78 is 5.79. The van der Waals surface area contributed by atoms with Crippen LogP contribution in [0.3, 0.4) is 0 Å². The van der Waals surface area contributed by atoms with Gasteiger partial charge in [0.2, 0.25) is 0 Å². The molecule has 0 aliphatic rings. The number of ether oxygens (including phenoxy) is 1. The van der Waals surface area contributed by atoms with Crippen LogP contribution in [-0.2, 0) is 6.61 Å². The third-order valence-corrected chi connectivity index (χ3v) is 3.62. The van der Waals surface area contributed by atoms with Crippen LogP contribution in [0.25, 0.3) is 12.2 Å². The van der Waals surface area contributed by atoms with Crippen LogP contribution in [0.2, 0.25) is 0 Å². The standard InChI is InChI=1S/C23H20O/c1-3-9-20(10-4-1)11-7-8-12-21-15-17-23(18-16-21)24-19-22-13-5-2-6-14-22/h1-18H,19H2/b11-7+,12-8+. The van der Waals surface area contributed by atoms with E-state index in [1.807, 2.05) is 54.6 Å². The van der Waals surface area contributed by atoms with Crippen molar-refractivity contribution in [1.82, 2.24) is 0 Å². The van der Waals surface area contributed by atoms with Crippen LogP contribution >= 0.6 is 0 Å². The summed E-state index contributed by atoms with van der Waals surface area (Å²) in [4.78, 5) is 0. The number of rotatable bonds is 6. The largest absolute Gasteiger partial charge is 0.489 e. The van der Waals surface area contributed by atoms with E-state index in [2.05, 4.69) is 54.6 Å². The highest BCUT2D eigenvalue weighted by Crippen LogP contribution is 2.15. The molecule has 3 aromatic rings. The first-order valence-electron chi connectivity index (χ1n) is 8.07. The Morgan fingerprint density at radius 3 is 1.75 bits per heavy atom. The van der Waals surface area contributed by atoms with Crippen LogP contribution in [-0.4, -0.2) is 0 Å². The lowest BCUT2D eigenvalue weighted by molar-refractivity contribution is 0.306. The number of hydrogen-bond donors (Lipinski definition) is 0. The van der Waals surface area contributed by atoms with Crippen LogP contribution in [0.5, 0.6) is 5.75 Å². The fraction of sp³-hybridized carbons (Fsp3) is 0.0435. The second-order valence-electron chi connectivity index (χ2n) is 5.47. The fourth-order valence-electron chi connectivity index (χ4n) is 2.31. The van der Waals surface area contributed by atoms with Crippen molar-refractivity contribution in [3.05, 3.63) is 114 Å². The zero-order valence-electron chi connectivity index (χ0n) is 13.5. The Morgan fingerprint density at radius 1 is 0.583 bits per heavy atom. The van der Waals surface area contributed by atoms with E-state index in [-0.39, 0.29) is 0 Å². The molecule has 0 bridgehead atoms. The van der Waals surface area contributed by atoms with Crippen LogP contribution in [0.1, 0.15) is 16.7 Å². The quantitative estimate of drug-likeness (QED) is 0.508. The molecule has 0 aliphatic carbocycles. The van der Waals surface area contributed by atoms with Gasteiger partial charge in [-0.05, 0) is 28.8 Å². The van der Waals surface area contributed by atoms with Crippen molar-refractivity contribution in [2.24, 2.45) is 0 Å². The molecule has 3 aromatic carbocycles. The topological polar surface area (TPSA) is 9.23 Å². The van der Waals surface area contributed by atoms with Gasteiger partial charge < -0.3 is 4.74 Å². The molecular formula is C23H20O. The number of allylic oxidation sites excluding steroid dienone is 2. The first-order valence-corrected chi connectivity index (χ1v) is 8.07. The molecule has 0 aliphatic heterocycles. The molecular weight excluding hydrogens is 292 g/mol. The molecule has 1 nitrogen and oxygen atoms in total. The van der Waals surface area contributed by atoms with E-state index in [9.17, 15) is 0 Å². The van der Waals surface area contributed by atoms with E-state index < -0.39 is 0 Å². The Labute approximate surface area is 143 Å². The highest BCUT2D eigenvalue weighted by Gasteiger charge is 1.95. The van der Waals surface area contributed by atoms with E-state index >= 15 is 0 Å². The van der Waals surface area contributed by atoms with Crippen molar-refractivity contribution < 1.29 is 4.74 Å². The lowest BCUT2D eigenvalue weighted by atomic mass is 10.2. The highest BCUT2D eigenvalue weighted by atomic mass is 16.5. The molecule has 1 heteroatoms. The third-order valence-electron chi connectivity index (χ3n) is 3.62. The molecule has 0 aromatic heterocycles. The van der Waals surface area contributed by atoms with E-state index in [1.165, 1.54) is 11.1 Å². The number of benzene rings is 3. The first kappa shape index (κ1) is 15.8. The number of hydrogen-bond acceptors (Lipinski definition) is 1. The maximum Gasteiger partial charge on any atom is 0.119 e. The average Bonchev–Trinajstić information content (AvgIpc) is 2.66. The maximum absolute atomic E-state index is 5.79. The Balaban J connectivity index is 1.52. The summed E-state index contributed by atoms with van der Waals surface area (Å²) in [6.07, 6.45) is 8.27. The summed E-state index contributed by atoms with van der Waals surface area (Å²) in [5, 5.41) is 0. The molecule has 0 atom stereocenters. The van der Waals surface area contributed by atoms with Gasteiger partial charge in [0.15, 0.2) is 0 Å². The van der Waals surface area contributed by atoms with Gasteiger partial charge in [-0.1, -0.05) is 97.1 Å². The van der Waals surface area contributed by atoms with E-state index in [0.717, 1.165) is 11.3 Å². The van der Waals surface area contributed by atoms with Crippen LogP contribution in [0, 0.1) is 0 Å². The monoisotopic (exact) mass is 312 g/mol. The Hall–Kier alpha value is -3.06. The van der Waals surface area contributed by atoms with Crippen molar-refractivity contribution in [2.45, 2.75) is 6.61 Å². The molecule has 0 saturated heterocycles. The third kappa shape index (κ3) is 4.99. The van der Waals surface area contributed by atoms with Crippen molar-refractivity contribution >= 4 is 12.2 Å². The minimum absolute atomic E-state index is 0.593. The zero-order chi connectivity index (χ0) is 16.5. The molecule has 0 saturated carbocycles. The minimum Gasteiger partial charge on any atom is -0.489 e. The van der Waals surface area contributed by atoms with Gasteiger partial charge in [0.1, 0.15) is 12.4 Å². The summed E-state index contributed by atoms with van der Waals surface area (Å²) in [5.41, 5.74) is 3.53. The van der Waals surface area contributed by atoms with Crippen molar-refractivity contribution in [3.63, 3.8) is 0 Å². The van der Waals surface area contributed by atoms with Gasteiger partial charge >= 0.3 is 0 Å². The van der Waals surface area contributed by atoms with Gasteiger partial charge in [-0.2, -0.15) is 0 Å². The lowest BCUT2D eigenvalue weighted by Gasteiger charge is -2.06. The molecule has 0 unspecified atom stereocenters. The molecule has 0 fully saturated rings. The molecule has 118 valence electrons. The minimum atomic E-state index is 0.593. The maximum atomic E-state index is 5.79. The van der Waals surface area contributed by atoms with Crippen LogP contribution in [0.15, 0.2) is 97.1 Å². The predicted molar refractivity (Wildman–Crippen MR) is 102 cm³/mol. The molecule has 0 spiro atoms. The second-order valence-corrected chi connectivity index (χ2v) is 5.47. The highest BCUT2D eigenvalue weighted by molar-refractivity contribution is 5.57. The summed E-state index contributed by atoms with van der Waals surface area (Å²) in [6.45, 7) is 0.593. The molecule has 24 heavy (non-hydrogen) atoms. The summed E-state index contributed by atoms with van der Waals surface area (Å²) in [7, 11) is 0. The molecule has 0 amide bonds. The van der Waals surface area contributed by atoms with E-state index in [0.29, 0.717) is 6.61 Å². The Bertz CT molecular complexity index is 784. The predicted octanol–water partition coefficient (Wildman–Crippen LogP) is 5.99. The van der Waals surface area contributed by atoms with Crippen molar-refractivity contribution in [3.8, 4) is 5.75 Å². The van der Waals surface area contributed by atoms with Gasteiger partial charge in [0, 0.05) is 0 Å². The second kappa shape index (κ2) is 8.54.